The summed E-state index contributed by atoms with van der Waals surface area (Å²) in [6.07, 6.45) is 2.67. The molecule has 1 aromatic rings. The lowest BCUT2D eigenvalue weighted by Gasteiger charge is -2.30. The minimum Gasteiger partial charge on any atom is -0.382 e. The zero-order chi connectivity index (χ0) is 12.8. The van der Waals surface area contributed by atoms with Crippen molar-refractivity contribution in [2.24, 2.45) is 0 Å². The molecule has 0 saturated carbocycles. The fourth-order valence-electron chi connectivity index (χ4n) is 2.30. The maximum Gasteiger partial charge on any atom is 0.0874 e. The maximum absolute atomic E-state index is 5.73. The molecule has 0 amide bonds. The van der Waals surface area contributed by atoms with Gasteiger partial charge in [-0.25, -0.2) is 0 Å². The first-order chi connectivity index (χ1) is 8.78. The third-order valence-electron chi connectivity index (χ3n) is 3.37. The van der Waals surface area contributed by atoms with Gasteiger partial charge >= 0.3 is 0 Å². The number of likely N-dealkylation sites (N-methyl/N-ethyl adjacent to an activating group) is 1. The van der Waals surface area contributed by atoms with E-state index in [1.807, 2.05) is 0 Å². The minimum absolute atomic E-state index is 0.305. The number of anilines is 1. The van der Waals surface area contributed by atoms with E-state index in [2.05, 4.69) is 48.5 Å². The van der Waals surface area contributed by atoms with E-state index >= 15 is 0 Å². The average Bonchev–Trinajstić information content (AvgIpc) is 2.38. The molecule has 1 atom stereocenters. The Morgan fingerprint density at radius 1 is 1.33 bits per heavy atom. The lowest BCUT2D eigenvalue weighted by molar-refractivity contribution is -0.0117. The first-order valence-electron chi connectivity index (χ1n) is 6.91. The molecule has 1 N–H and O–H groups in total. The van der Waals surface area contributed by atoms with Crippen LogP contribution in [-0.4, -0.2) is 44.3 Å². The number of nitrogens with one attached hydrogen (secondary N) is 1. The number of ether oxygens (including phenoxy) is 1. The van der Waals surface area contributed by atoms with Gasteiger partial charge in [0.1, 0.15) is 0 Å². The predicted octanol–water partition coefficient (Wildman–Crippen LogP) is 2.38. The lowest BCUT2D eigenvalue weighted by Crippen LogP contribution is -2.43. The van der Waals surface area contributed by atoms with Gasteiger partial charge in [-0.05, 0) is 31.2 Å². The third kappa shape index (κ3) is 4.00. The van der Waals surface area contributed by atoms with E-state index in [-0.39, 0.29) is 0 Å². The van der Waals surface area contributed by atoms with Crippen molar-refractivity contribution in [1.82, 2.24) is 4.90 Å². The molecule has 100 valence electrons. The highest BCUT2D eigenvalue weighted by Crippen LogP contribution is 2.12. The lowest BCUT2D eigenvalue weighted by atomic mass is 10.1. The highest BCUT2D eigenvalue weighted by molar-refractivity contribution is 5.44. The summed E-state index contributed by atoms with van der Waals surface area (Å²) in [7, 11) is 2.15. The summed E-state index contributed by atoms with van der Waals surface area (Å²) >= 11 is 0. The van der Waals surface area contributed by atoms with E-state index in [1.54, 1.807) is 0 Å². The predicted molar refractivity (Wildman–Crippen MR) is 76.2 cm³/mol. The van der Waals surface area contributed by atoms with Crippen molar-refractivity contribution in [1.29, 1.82) is 0 Å². The molecular weight excluding hydrogens is 224 g/mol. The van der Waals surface area contributed by atoms with Gasteiger partial charge in [-0.1, -0.05) is 25.5 Å². The van der Waals surface area contributed by atoms with Crippen LogP contribution < -0.4 is 5.32 Å². The largest absolute Gasteiger partial charge is 0.382 e. The molecule has 1 heterocycles. The molecule has 3 nitrogen and oxygen atoms in total. The maximum atomic E-state index is 5.73. The van der Waals surface area contributed by atoms with E-state index in [9.17, 15) is 0 Å². The van der Waals surface area contributed by atoms with Gasteiger partial charge in [0.25, 0.3) is 0 Å². The molecule has 0 bridgehead atoms. The van der Waals surface area contributed by atoms with Crippen LogP contribution in [0.3, 0.4) is 0 Å². The highest BCUT2D eigenvalue weighted by Gasteiger charge is 2.16. The highest BCUT2D eigenvalue weighted by atomic mass is 16.5. The van der Waals surface area contributed by atoms with E-state index in [1.165, 1.54) is 17.7 Å². The Bertz CT molecular complexity index is 350. The molecule has 1 aromatic carbocycles. The first kappa shape index (κ1) is 13.4. The van der Waals surface area contributed by atoms with Crippen LogP contribution in [0.5, 0.6) is 0 Å². The molecule has 0 spiro atoms. The molecule has 1 aliphatic heterocycles. The molecule has 0 aliphatic carbocycles. The van der Waals surface area contributed by atoms with Crippen molar-refractivity contribution in [3.8, 4) is 0 Å². The Hall–Kier alpha value is -1.06. The van der Waals surface area contributed by atoms with Crippen LogP contribution in [0.25, 0.3) is 0 Å². The van der Waals surface area contributed by atoms with Gasteiger partial charge < -0.3 is 15.0 Å². The third-order valence-corrected chi connectivity index (χ3v) is 3.37. The minimum atomic E-state index is 0.305. The number of benzene rings is 1. The van der Waals surface area contributed by atoms with Crippen molar-refractivity contribution in [2.45, 2.75) is 25.9 Å². The Balaban J connectivity index is 1.78. The molecule has 18 heavy (non-hydrogen) atoms. The Morgan fingerprint density at radius 2 is 2.11 bits per heavy atom. The van der Waals surface area contributed by atoms with E-state index in [0.29, 0.717) is 6.10 Å². The second-order valence-electron chi connectivity index (χ2n) is 5.08. The molecule has 1 aliphatic rings. The van der Waals surface area contributed by atoms with Gasteiger partial charge in [0, 0.05) is 25.3 Å². The standard InChI is InChI=1S/C15H24N2O/c1-3-4-13-5-7-14(8-6-13)16-11-15-12-17(2)9-10-18-15/h5-8,15-16H,3-4,9-12H2,1-2H3. The molecule has 1 unspecified atom stereocenters. The average molecular weight is 248 g/mol. The SMILES string of the molecule is CCCc1ccc(NCC2CN(C)CCO2)cc1. The summed E-state index contributed by atoms with van der Waals surface area (Å²) in [5.41, 5.74) is 2.60. The number of aryl methyl sites for hydroxylation is 1. The van der Waals surface area contributed by atoms with Crippen LogP contribution in [0.1, 0.15) is 18.9 Å². The number of hydrogen-bond acceptors (Lipinski definition) is 3. The van der Waals surface area contributed by atoms with Gasteiger partial charge in [-0.3, -0.25) is 0 Å². The van der Waals surface area contributed by atoms with Gasteiger partial charge in [0.15, 0.2) is 0 Å². The van der Waals surface area contributed by atoms with Crippen LogP contribution in [0.2, 0.25) is 0 Å². The second kappa shape index (κ2) is 6.76. The number of morpholine rings is 1. The van der Waals surface area contributed by atoms with Gasteiger partial charge in [-0.15, -0.1) is 0 Å². The van der Waals surface area contributed by atoms with E-state index < -0.39 is 0 Å². The molecule has 1 saturated heterocycles. The normalized spacial score (nSPS) is 20.9. The Labute approximate surface area is 110 Å². The zero-order valence-corrected chi connectivity index (χ0v) is 11.5. The fourth-order valence-corrected chi connectivity index (χ4v) is 2.30. The quantitative estimate of drug-likeness (QED) is 0.866. The number of nitrogens with zero attached hydrogens (tertiary/aromatic N) is 1. The molecule has 1 fully saturated rings. The topological polar surface area (TPSA) is 24.5 Å². The molecule has 2 rings (SSSR count). The second-order valence-corrected chi connectivity index (χ2v) is 5.08. The first-order valence-corrected chi connectivity index (χ1v) is 6.91. The van der Waals surface area contributed by atoms with Crippen LogP contribution in [0, 0.1) is 0 Å². The molecule has 0 aromatic heterocycles. The molecular formula is C15H24N2O. The number of hydrogen-bond donors (Lipinski definition) is 1. The van der Waals surface area contributed by atoms with Crippen molar-refractivity contribution in [2.75, 3.05) is 38.6 Å². The Morgan fingerprint density at radius 3 is 2.78 bits per heavy atom. The molecule has 0 radical (unpaired) electrons. The monoisotopic (exact) mass is 248 g/mol. The van der Waals surface area contributed by atoms with Crippen LogP contribution in [0.15, 0.2) is 24.3 Å². The number of rotatable bonds is 5. The summed E-state index contributed by atoms with van der Waals surface area (Å²) in [6.45, 7) is 6.00. The zero-order valence-electron chi connectivity index (χ0n) is 11.5. The van der Waals surface area contributed by atoms with Gasteiger partial charge in [-0.2, -0.15) is 0 Å². The summed E-state index contributed by atoms with van der Waals surface area (Å²) in [6, 6.07) is 8.74. The van der Waals surface area contributed by atoms with Crippen molar-refractivity contribution in [3.63, 3.8) is 0 Å². The van der Waals surface area contributed by atoms with Gasteiger partial charge in [0.05, 0.1) is 12.7 Å². The van der Waals surface area contributed by atoms with Crippen LogP contribution >= 0.6 is 0 Å². The molecule has 3 heteroatoms. The Kier molecular flexibility index (Phi) is 5.02. The summed E-state index contributed by atoms with van der Waals surface area (Å²) in [5.74, 6) is 0. The van der Waals surface area contributed by atoms with Crippen molar-refractivity contribution >= 4 is 5.69 Å². The summed E-state index contributed by atoms with van der Waals surface area (Å²) in [4.78, 5) is 2.32. The fraction of sp³-hybridized carbons (Fsp3) is 0.600. The smallest absolute Gasteiger partial charge is 0.0874 e. The van der Waals surface area contributed by atoms with Gasteiger partial charge in [0.2, 0.25) is 0 Å². The van der Waals surface area contributed by atoms with Crippen molar-refractivity contribution < 1.29 is 4.74 Å². The van der Waals surface area contributed by atoms with Crippen molar-refractivity contribution in [3.05, 3.63) is 29.8 Å². The van der Waals surface area contributed by atoms with Crippen LogP contribution in [0.4, 0.5) is 5.69 Å². The summed E-state index contributed by atoms with van der Waals surface area (Å²) in [5, 5.41) is 3.45. The summed E-state index contributed by atoms with van der Waals surface area (Å²) < 4.78 is 5.73. The van der Waals surface area contributed by atoms with E-state index in [0.717, 1.165) is 32.7 Å². The van der Waals surface area contributed by atoms with E-state index in [4.69, 9.17) is 4.74 Å². The van der Waals surface area contributed by atoms with Crippen LogP contribution in [-0.2, 0) is 11.2 Å².